The van der Waals surface area contributed by atoms with Crippen molar-refractivity contribution in [3.05, 3.63) is 65.9 Å². The van der Waals surface area contributed by atoms with E-state index in [1.807, 2.05) is 36.4 Å². The lowest BCUT2D eigenvalue weighted by molar-refractivity contribution is -0.133. The van der Waals surface area contributed by atoms with Crippen LogP contribution in [0.4, 0.5) is 5.69 Å². The van der Waals surface area contributed by atoms with Gasteiger partial charge in [-0.1, -0.05) is 24.3 Å². The quantitative estimate of drug-likeness (QED) is 0.289. The van der Waals surface area contributed by atoms with Gasteiger partial charge in [0.25, 0.3) is 0 Å². The molecule has 2 fully saturated rings. The van der Waals surface area contributed by atoms with Crippen LogP contribution < -0.4 is 9.64 Å². The van der Waals surface area contributed by atoms with Gasteiger partial charge in [-0.05, 0) is 72.9 Å². The van der Waals surface area contributed by atoms with Crippen molar-refractivity contribution in [2.24, 2.45) is 11.8 Å². The number of rotatable bonds is 11. The Morgan fingerprint density at radius 2 is 1.61 bits per heavy atom. The highest BCUT2D eigenvalue weighted by Gasteiger charge is 2.29. The molecule has 2 aromatic rings. The second kappa shape index (κ2) is 9.90. The van der Waals surface area contributed by atoms with E-state index in [9.17, 15) is 4.79 Å². The van der Waals surface area contributed by atoms with Gasteiger partial charge in [-0.2, -0.15) is 0 Å². The summed E-state index contributed by atoms with van der Waals surface area (Å²) in [5.74, 6) is 2.11. The number of anilines is 1. The van der Waals surface area contributed by atoms with Crippen molar-refractivity contribution in [2.45, 2.75) is 32.3 Å². The van der Waals surface area contributed by atoms with Gasteiger partial charge in [0.1, 0.15) is 17.9 Å². The highest BCUT2D eigenvalue weighted by molar-refractivity contribution is 6.16. The molecule has 0 aliphatic heterocycles. The van der Waals surface area contributed by atoms with Gasteiger partial charge < -0.3 is 19.1 Å². The molecule has 0 radical (unpaired) electrons. The number of ether oxygens (including phenoxy) is 3. The molecule has 2 aliphatic rings. The average Bonchev–Trinajstić information content (AvgIpc) is 3.73. The lowest BCUT2D eigenvalue weighted by Crippen LogP contribution is -2.27. The molecule has 0 aromatic heterocycles. The van der Waals surface area contributed by atoms with Crippen LogP contribution in [0.5, 0.6) is 5.75 Å². The predicted octanol–water partition coefficient (Wildman–Crippen LogP) is 5.05. The zero-order chi connectivity index (χ0) is 21.6. The van der Waals surface area contributed by atoms with Crippen LogP contribution in [0.15, 0.2) is 54.8 Å². The lowest BCUT2D eigenvalue weighted by Gasteiger charge is -2.25. The first-order valence-electron chi connectivity index (χ1n) is 11.0. The molecular formula is C26H31NO4. The average molecular weight is 422 g/mol. The van der Waals surface area contributed by atoms with E-state index < -0.39 is 5.97 Å². The summed E-state index contributed by atoms with van der Waals surface area (Å²) in [5, 5.41) is 0. The number of benzene rings is 2. The fourth-order valence-electron chi connectivity index (χ4n) is 3.78. The van der Waals surface area contributed by atoms with Crippen molar-refractivity contribution in [3.63, 3.8) is 0 Å². The van der Waals surface area contributed by atoms with Gasteiger partial charge in [0.15, 0.2) is 0 Å². The number of nitrogens with zero attached hydrogens (tertiary/aromatic N) is 1. The number of methoxy groups -OCH3 is 2. The van der Waals surface area contributed by atoms with E-state index in [0.29, 0.717) is 12.2 Å². The van der Waals surface area contributed by atoms with E-state index in [0.717, 1.165) is 28.7 Å². The van der Waals surface area contributed by atoms with E-state index in [2.05, 4.69) is 17.0 Å². The van der Waals surface area contributed by atoms with E-state index >= 15 is 0 Å². The minimum Gasteiger partial charge on any atom is -0.503 e. The van der Waals surface area contributed by atoms with Crippen LogP contribution in [0.25, 0.3) is 5.57 Å². The van der Waals surface area contributed by atoms with Gasteiger partial charge >= 0.3 is 5.97 Å². The van der Waals surface area contributed by atoms with Crippen LogP contribution in [0.3, 0.4) is 0 Å². The van der Waals surface area contributed by atoms with Crippen LogP contribution >= 0.6 is 0 Å². The Morgan fingerprint density at radius 3 is 2.19 bits per heavy atom. The molecule has 0 heterocycles. The number of esters is 1. The van der Waals surface area contributed by atoms with Crippen LogP contribution in [0, 0.1) is 11.8 Å². The summed E-state index contributed by atoms with van der Waals surface area (Å²) in [6.45, 7) is 2.69. The largest absolute Gasteiger partial charge is 0.503 e. The van der Waals surface area contributed by atoms with E-state index in [1.54, 1.807) is 0 Å². The third-order valence-electron chi connectivity index (χ3n) is 5.90. The first kappa shape index (κ1) is 21.3. The molecule has 5 heteroatoms. The standard InChI is InChI=1S/C26H31NO4/c1-29-18-25(26(28)30-2)24-6-4-3-5-21(24)17-31-23-13-11-22(12-14-23)27(15-19-7-8-19)16-20-9-10-20/h3-6,11-14,18-20H,7-10,15-17H2,1-2H3/b25-18+. The maximum atomic E-state index is 12.2. The molecule has 5 nitrogen and oxygen atoms in total. The molecule has 0 N–H and O–H groups in total. The molecular weight excluding hydrogens is 390 g/mol. The molecule has 2 aromatic carbocycles. The Kier molecular flexibility index (Phi) is 6.80. The van der Waals surface area contributed by atoms with Crippen LogP contribution in [-0.4, -0.2) is 33.3 Å². The van der Waals surface area contributed by atoms with E-state index in [4.69, 9.17) is 14.2 Å². The first-order chi connectivity index (χ1) is 15.2. The van der Waals surface area contributed by atoms with Crippen molar-refractivity contribution in [3.8, 4) is 5.75 Å². The fourth-order valence-corrected chi connectivity index (χ4v) is 3.78. The summed E-state index contributed by atoms with van der Waals surface area (Å²) >= 11 is 0. The Labute approximate surface area is 184 Å². The third kappa shape index (κ3) is 5.81. The van der Waals surface area contributed by atoms with Crippen molar-refractivity contribution in [2.75, 3.05) is 32.2 Å². The zero-order valence-electron chi connectivity index (χ0n) is 18.4. The molecule has 2 aliphatic carbocycles. The topological polar surface area (TPSA) is 48.0 Å². The summed E-state index contributed by atoms with van der Waals surface area (Å²) in [5.41, 5.74) is 3.29. The van der Waals surface area contributed by atoms with Crippen LogP contribution in [0.2, 0.25) is 0 Å². The zero-order valence-corrected chi connectivity index (χ0v) is 18.4. The molecule has 0 atom stereocenters. The molecule has 31 heavy (non-hydrogen) atoms. The molecule has 4 rings (SSSR count). The SMILES string of the molecule is CO/C=C(/C(=O)OC)c1ccccc1COc1ccc(N(CC2CC2)CC2CC2)cc1. The normalized spacial score (nSPS) is 16.0. The van der Waals surface area contributed by atoms with Crippen molar-refractivity contribution in [1.82, 2.24) is 0 Å². The van der Waals surface area contributed by atoms with Gasteiger partial charge in [0.2, 0.25) is 0 Å². The smallest absolute Gasteiger partial charge is 0.341 e. The Balaban J connectivity index is 1.43. The first-order valence-corrected chi connectivity index (χ1v) is 11.0. The summed E-state index contributed by atoms with van der Waals surface area (Å²) < 4.78 is 16.1. The van der Waals surface area contributed by atoms with Gasteiger partial charge in [-0.25, -0.2) is 4.79 Å². The minimum absolute atomic E-state index is 0.349. The monoisotopic (exact) mass is 421 g/mol. The van der Waals surface area contributed by atoms with E-state index in [1.165, 1.54) is 64.9 Å². The number of hydrogen-bond acceptors (Lipinski definition) is 5. The van der Waals surface area contributed by atoms with Gasteiger partial charge in [-0.3, -0.25) is 0 Å². The second-order valence-electron chi connectivity index (χ2n) is 8.49. The number of carbonyl (C=O) groups is 1. The summed E-state index contributed by atoms with van der Waals surface area (Å²) in [7, 11) is 2.88. The Bertz CT molecular complexity index is 899. The van der Waals surface area contributed by atoms with Crippen molar-refractivity contribution in [1.29, 1.82) is 0 Å². The highest BCUT2D eigenvalue weighted by Crippen LogP contribution is 2.36. The molecule has 0 unspecified atom stereocenters. The number of carbonyl (C=O) groups excluding carboxylic acids is 1. The maximum absolute atomic E-state index is 12.2. The van der Waals surface area contributed by atoms with Gasteiger partial charge in [0.05, 0.1) is 20.5 Å². The number of hydrogen-bond donors (Lipinski definition) is 0. The Morgan fingerprint density at radius 1 is 0.968 bits per heavy atom. The summed E-state index contributed by atoms with van der Waals surface area (Å²) in [4.78, 5) is 14.7. The summed E-state index contributed by atoms with van der Waals surface area (Å²) in [6, 6.07) is 16.0. The molecule has 164 valence electrons. The maximum Gasteiger partial charge on any atom is 0.341 e. The van der Waals surface area contributed by atoms with Crippen molar-refractivity contribution < 1.29 is 19.0 Å². The van der Waals surface area contributed by atoms with E-state index in [-0.39, 0.29) is 0 Å². The third-order valence-corrected chi connectivity index (χ3v) is 5.90. The molecule has 0 amide bonds. The summed E-state index contributed by atoms with van der Waals surface area (Å²) in [6.07, 6.45) is 6.88. The Hall–Kier alpha value is -2.95. The molecule has 2 saturated carbocycles. The second-order valence-corrected chi connectivity index (χ2v) is 8.49. The van der Waals surface area contributed by atoms with Crippen LogP contribution in [0.1, 0.15) is 36.8 Å². The van der Waals surface area contributed by atoms with Gasteiger partial charge in [-0.15, -0.1) is 0 Å². The molecule has 0 spiro atoms. The van der Waals surface area contributed by atoms with Crippen molar-refractivity contribution >= 4 is 17.2 Å². The molecule has 0 bridgehead atoms. The highest BCUT2D eigenvalue weighted by atomic mass is 16.5. The van der Waals surface area contributed by atoms with Crippen LogP contribution in [-0.2, 0) is 20.9 Å². The predicted molar refractivity (Wildman–Crippen MR) is 122 cm³/mol. The molecule has 0 saturated heterocycles. The minimum atomic E-state index is -0.440. The lowest BCUT2D eigenvalue weighted by atomic mass is 10.0. The van der Waals surface area contributed by atoms with Gasteiger partial charge in [0, 0.05) is 18.8 Å². The fraction of sp³-hybridized carbons (Fsp3) is 0.423.